The number of benzene rings is 2. The van der Waals surface area contributed by atoms with Crippen LogP contribution in [0.15, 0.2) is 42.5 Å². The molecule has 2 aromatic carbocycles. The summed E-state index contributed by atoms with van der Waals surface area (Å²) in [4.78, 5) is 0. The monoisotopic (exact) mass is 330 g/mol. The Bertz CT molecular complexity index is 703. The summed E-state index contributed by atoms with van der Waals surface area (Å²) in [6.07, 6.45) is 0. The molecule has 0 aromatic heterocycles. The zero-order valence-electron chi connectivity index (χ0n) is 13.0. The molecule has 0 saturated carbocycles. The molecule has 1 aliphatic rings. The van der Waals surface area contributed by atoms with Crippen molar-refractivity contribution in [2.75, 3.05) is 19.2 Å². The Labute approximate surface area is 140 Å². The number of rotatable bonds is 4. The predicted octanol–water partition coefficient (Wildman–Crippen LogP) is 3.47. The molecule has 0 amide bonds. The summed E-state index contributed by atoms with van der Waals surface area (Å²) in [6, 6.07) is 13.5. The third-order valence-electron chi connectivity index (χ3n) is 3.59. The average molecular weight is 330 g/mol. The van der Waals surface area contributed by atoms with E-state index in [-0.39, 0.29) is 12.8 Å². The van der Waals surface area contributed by atoms with Crippen molar-refractivity contribution in [1.82, 2.24) is 5.32 Å². The minimum absolute atomic E-state index is 0.0442. The highest BCUT2D eigenvalue weighted by Crippen LogP contribution is 2.34. The maximum atomic E-state index is 5.40. The molecule has 1 atom stereocenters. The highest BCUT2D eigenvalue weighted by Gasteiger charge is 2.16. The molecule has 120 valence electrons. The standard InChI is InChI=1S/C17H18N2O3S/c1-11(12-3-8-15-16(9-12)22-10-21-15)18-17(23)19-13-4-6-14(20-2)7-5-13/h3-9,11H,10H2,1-2H3,(H2,18,19,23). The van der Waals surface area contributed by atoms with Crippen LogP contribution in [0.5, 0.6) is 17.2 Å². The first kappa shape index (κ1) is 15.4. The lowest BCUT2D eigenvalue weighted by atomic mass is 10.1. The number of ether oxygens (including phenoxy) is 3. The van der Waals surface area contributed by atoms with Crippen LogP contribution in [0, 0.1) is 0 Å². The number of methoxy groups -OCH3 is 1. The minimum atomic E-state index is 0.0442. The fourth-order valence-corrected chi connectivity index (χ4v) is 2.60. The normalized spacial score (nSPS) is 13.3. The highest BCUT2D eigenvalue weighted by molar-refractivity contribution is 7.80. The molecule has 5 nitrogen and oxygen atoms in total. The van der Waals surface area contributed by atoms with Gasteiger partial charge in [0.15, 0.2) is 16.6 Å². The van der Waals surface area contributed by atoms with E-state index in [0.29, 0.717) is 5.11 Å². The molecular formula is C17H18N2O3S. The third-order valence-corrected chi connectivity index (χ3v) is 3.81. The lowest BCUT2D eigenvalue weighted by Crippen LogP contribution is -2.30. The van der Waals surface area contributed by atoms with E-state index < -0.39 is 0 Å². The van der Waals surface area contributed by atoms with Crippen LogP contribution in [0.2, 0.25) is 0 Å². The van der Waals surface area contributed by atoms with E-state index in [1.165, 1.54) is 0 Å². The summed E-state index contributed by atoms with van der Waals surface area (Å²) in [5.41, 5.74) is 1.98. The Morgan fingerprint density at radius 2 is 1.87 bits per heavy atom. The fourth-order valence-electron chi connectivity index (χ4n) is 2.30. The molecule has 0 aliphatic carbocycles. The summed E-state index contributed by atoms with van der Waals surface area (Å²) >= 11 is 5.36. The summed E-state index contributed by atoms with van der Waals surface area (Å²) < 4.78 is 15.9. The highest BCUT2D eigenvalue weighted by atomic mass is 32.1. The fraction of sp³-hybridized carbons (Fsp3) is 0.235. The van der Waals surface area contributed by atoms with Crippen molar-refractivity contribution < 1.29 is 14.2 Å². The molecule has 2 N–H and O–H groups in total. The van der Waals surface area contributed by atoms with Gasteiger partial charge in [0.2, 0.25) is 6.79 Å². The molecule has 3 rings (SSSR count). The molecule has 0 fully saturated rings. The Morgan fingerprint density at radius 1 is 1.13 bits per heavy atom. The Kier molecular flexibility index (Phi) is 4.52. The number of thiocarbonyl (C=S) groups is 1. The van der Waals surface area contributed by atoms with Gasteiger partial charge in [0.05, 0.1) is 13.2 Å². The van der Waals surface area contributed by atoms with Crippen molar-refractivity contribution in [2.45, 2.75) is 13.0 Å². The maximum absolute atomic E-state index is 5.40. The van der Waals surface area contributed by atoms with Crippen LogP contribution >= 0.6 is 12.2 Å². The third kappa shape index (κ3) is 3.65. The second kappa shape index (κ2) is 6.75. The molecular weight excluding hydrogens is 312 g/mol. The summed E-state index contributed by atoms with van der Waals surface area (Å²) in [6.45, 7) is 2.32. The SMILES string of the molecule is COc1ccc(NC(=S)NC(C)c2ccc3c(c2)OCO3)cc1. The maximum Gasteiger partial charge on any atom is 0.231 e. The quantitative estimate of drug-likeness (QED) is 0.837. The summed E-state index contributed by atoms with van der Waals surface area (Å²) in [5, 5.41) is 6.97. The molecule has 6 heteroatoms. The molecule has 0 spiro atoms. The zero-order valence-corrected chi connectivity index (χ0v) is 13.8. The number of hydrogen-bond acceptors (Lipinski definition) is 4. The van der Waals surface area contributed by atoms with Gasteiger partial charge in [0, 0.05) is 5.69 Å². The van der Waals surface area contributed by atoms with E-state index in [9.17, 15) is 0 Å². The molecule has 1 heterocycles. The van der Waals surface area contributed by atoms with Crippen LogP contribution in [0.1, 0.15) is 18.5 Å². The van der Waals surface area contributed by atoms with Gasteiger partial charge in [-0.15, -0.1) is 0 Å². The summed E-state index contributed by atoms with van der Waals surface area (Å²) in [5.74, 6) is 2.35. The Balaban J connectivity index is 1.60. The number of hydrogen-bond donors (Lipinski definition) is 2. The van der Waals surface area contributed by atoms with Crippen LogP contribution in [0.25, 0.3) is 0 Å². The number of fused-ring (bicyclic) bond motifs is 1. The first-order valence-electron chi connectivity index (χ1n) is 7.27. The van der Waals surface area contributed by atoms with Gasteiger partial charge in [-0.2, -0.15) is 0 Å². The summed E-state index contributed by atoms with van der Waals surface area (Å²) in [7, 11) is 1.64. The first-order chi connectivity index (χ1) is 11.2. The van der Waals surface area contributed by atoms with Crippen molar-refractivity contribution >= 4 is 23.0 Å². The lowest BCUT2D eigenvalue weighted by molar-refractivity contribution is 0.174. The zero-order chi connectivity index (χ0) is 16.2. The van der Waals surface area contributed by atoms with Gasteiger partial charge in [0.1, 0.15) is 5.75 Å². The largest absolute Gasteiger partial charge is 0.497 e. The van der Waals surface area contributed by atoms with E-state index in [1.807, 2.05) is 49.4 Å². The molecule has 0 bridgehead atoms. The van der Waals surface area contributed by atoms with Crippen molar-refractivity contribution in [3.63, 3.8) is 0 Å². The molecule has 23 heavy (non-hydrogen) atoms. The minimum Gasteiger partial charge on any atom is -0.497 e. The number of nitrogens with one attached hydrogen (secondary N) is 2. The van der Waals surface area contributed by atoms with Gasteiger partial charge in [-0.25, -0.2) is 0 Å². The van der Waals surface area contributed by atoms with Crippen LogP contribution < -0.4 is 24.8 Å². The van der Waals surface area contributed by atoms with E-state index in [0.717, 1.165) is 28.5 Å². The van der Waals surface area contributed by atoms with Crippen LogP contribution in [0.3, 0.4) is 0 Å². The van der Waals surface area contributed by atoms with E-state index in [1.54, 1.807) is 7.11 Å². The van der Waals surface area contributed by atoms with Crippen molar-refractivity contribution in [3.8, 4) is 17.2 Å². The molecule has 0 saturated heterocycles. The predicted molar refractivity (Wildman–Crippen MR) is 93.3 cm³/mol. The second-order valence-electron chi connectivity index (χ2n) is 5.16. The topological polar surface area (TPSA) is 51.8 Å². The Morgan fingerprint density at radius 3 is 2.61 bits per heavy atom. The first-order valence-corrected chi connectivity index (χ1v) is 7.67. The van der Waals surface area contributed by atoms with Crippen molar-refractivity contribution in [3.05, 3.63) is 48.0 Å². The van der Waals surface area contributed by atoms with Gasteiger partial charge in [0.25, 0.3) is 0 Å². The van der Waals surface area contributed by atoms with Gasteiger partial charge >= 0.3 is 0 Å². The van der Waals surface area contributed by atoms with E-state index in [4.69, 9.17) is 26.4 Å². The lowest BCUT2D eigenvalue weighted by Gasteiger charge is -2.18. The Hall–Kier alpha value is -2.47. The molecule has 1 unspecified atom stereocenters. The second-order valence-corrected chi connectivity index (χ2v) is 5.57. The molecule has 0 radical (unpaired) electrons. The van der Waals surface area contributed by atoms with Gasteiger partial charge in [-0.05, 0) is 61.1 Å². The molecule has 1 aliphatic heterocycles. The van der Waals surface area contributed by atoms with E-state index in [2.05, 4.69) is 10.6 Å². The van der Waals surface area contributed by atoms with Crippen molar-refractivity contribution in [1.29, 1.82) is 0 Å². The van der Waals surface area contributed by atoms with Crippen LogP contribution in [-0.4, -0.2) is 19.0 Å². The van der Waals surface area contributed by atoms with Crippen molar-refractivity contribution in [2.24, 2.45) is 0 Å². The smallest absolute Gasteiger partial charge is 0.231 e. The average Bonchev–Trinajstić information content (AvgIpc) is 3.03. The molecule has 2 aromatic rings. The van der Waals surface area contributed by atoms with Crippen LogP contribution in [-0.2, 0) is 0 Å². The van der Waals surface area contributed by atoms with E-state index >= 15 is 0 Å². The van der Waals surface area contributed by atoms with Gasteiger partial charge in [-0.1, -0.05) is 6.07 Å². The van der Waals surface area contributed by atoms with Gasteiger partial charge < -0.3 is 24.8 Å². The van der Waals surface area contributed by atoms with Crippen LogP contribution in [0.4, 0.5) is 5.69 Å². The van der Waals surface area contributed by atoms with Gasteiger partial charge in [-0.3, -0.25) is 0 Å². The number of anilines is 1.